The van der Waals surface area contributed by atoms with Gasteiger partial charge in [-0.05, 0) is 19.1 Å². The first-order chi connectivity index (χ1) is 9.19. The highest BCUT2D eigenvalue weighted by Crippen LogP contribution is 2.23. The van der Waals surface area contributed by atoms with Crippen LogP contribution in [0.5, 0.6) is 5.75 Å². The number of nitrogens with zero attached hydrogens (tertiary/aromatic N) is 3. The second-order valence-electron chi connectivity index (χ2n) is 3.69. The van der Waals surface area contributed by atoms with Crippen molar-refractivity contribution in [2.24, 2.45) is 0 Å². The Morgan fingerprint density at radius 3 is 2.95 bits per heavy atom. The highest BCUT2D eigenvalue weighted by molar-refractivity contribution is 14.1. The van der Waals surface area contributed by atoms with E-state index in [0.717, 1.165) is 0 Å². The zero-order valence-electron chi connectivity index (χ0n) is 10.3. The van der Waals surface area contributed by atoms with E-state index in [-0.39, 0.29) is 12.5 Å². The second-order valence-corrected chi connectivity index (χ2v) is 4.65. The second kappa shape index (κ2) is 6.50. The van der Waals surface area contributed by atoms with Crippen LogP contribution in [0.2, 0.25) is 0 Å². The van der Waals surface area contributed by atoms with E-state index in [9.17, 15) is 4.79 Å². The maximum atomic E-state index is 11.9. The minimum absolute atomic E-state index is 0.121. The summed E-state index contributed by atoms with van der Waals surface area (Å²) in [5, 5.41) is 6.85. The zero-order valence-corrected chi connectivity index (χ0v) is 12.5. The van der Waals surface area contributed by atoms with Gasteiger partial charge in [0.2, 0.25) is 9.74 Å². The molecule has 2 rings (SSSR count). The minimum Gasteiger partial charge on any atom is -0.492 e. The van der Waals surface area contributed by atoms with Gasteiger partial charge < -0.3 is 10.1 Å². The van der Waals surface area contributed by atoms with Gasteiger partial charge in [-0.15, -0.1) is 5.10 Å². The fraction of sp³-hybridized carbons (Fsp3) is 0.250. The fourth-order valence-electron chi connectivity index (χ4n) is 1.54. The number of para-hydroxylation sites is 2. The summed E-state index contributed by atoms with van der Waals surface area (Å²) in [5.41, 5.74) is 0.657. The molecule has 0 bridgehead atoms. The van der Waals surface area contributed by atoms with E-state index in [0.29, 0.717) is 21.9 Å². The number of amides is 1. The summed E-state index contributed by atoms with van der Waals surface area (Å²) in [6.07, 6.45) is 1.52. The molecular weight excluding hydrogens is 359 g/mol. The first-order valence-electron chi connectivity index (χ1n) is 5.75. The average molecular weight is 372 g/mol. The molecule has 1 amide bonds. The van der Waals surface area contributed by atoms with Crippen molar-refractivity contribution in [2.45, 2.75) is 13.5 Å². The molecule has 7 heteroatoms. The Labute approximate surface area is 124 Å². The summed E-state index contributed by atoms with van der Waals surface area (Å²) in [6.45, 7) is 2.57. The lowest BCUT2D eigenvalue weighted by molar-refractivity contribution is -0.116. The molecule has 0 saturated carbocycles. The Kier molecular flexibility index (Phi) is 4.72. The molecule has 19 heavy (non-hydrogen) atoms. The topological polar surface area (TPSA) is 69.0 Å². The molecule has 1 heterocycles. The largest absolute Gasteiger partial charge is 0.492 e. The van der Waals surface area contributed by atoms with Crippen molar-refractivity contribution < 1.29 is 9.53 Å². The number of rotatable bonds is 5. The van der Waals surface area contributed by atoms with Crippen LogP contribution in [-0.2, 0) is 11.3 Å². The Hall–Kier alpha value is -1.64. The van der Waals surface area contributed by atoms with Crippen LogP contribution in [0.1, 0.15) is 6.92 Å². The number of carbonyl (C=O) groups is 1. The van der Waals surface area contributed by atoms with Crippen molar-refractivity contribution in [3.8, 4) is 5.75 Å². The SMILES string of the molecule is CCOc1ccccc1NC(=O)Cn1cnc(I)n1. The molecule has 1 aromatic carbocycles. The zero-order chi connectivity index (χ0) is 13.7. The first kappa shape index (κ1) is 13.8. The average Bonchev–Trinajstić information content (AvgIpc) is 2.77. The smallest absolute Gasteiger partial charge is 0.246 e. The van der Waals surface area contributed by atoms with Gasteiger partial charge in [-0.2, -0.15) is 0 Å². The maximum Gasteiger partial charge on any atom is 0.246 e. The van der Waals surface area contributed by atoms with Crippen molar-refractivity contribution in [1.29, 1.82) is 0 Å². The van der Waals surface area contributed by atoms with E-state index in [1.54, 1.807) is 6.07 Å². The third kappa shape index (κ3) is 3.91. The molecule has 0 fully saturated rings. The summed E-state index contributed by atoms with van der Waals surface area (Å²) in [7, 11) is 0. The van der Waals surface area contributed by atoms with Gasteiger partial charge in [0.1, 0.15) is 18.6 Å². The number of halogens is 1. The van der Waals surface area contributed by atoms with E-state index in [1.165, 1.54) is 11.0 Å². The molecule has 0 aliphatic carbocycles. The number of benzene rings is 1. The lowest BCUT2D eigenvalue weighted by Crippen LogP contribution is -2.19. The number of ether oxygens (including phenoxy) is 1. The van der Waals surface area contributed by atoms with Crippen LogP contribution in [-0.4, -0.2) is 27.3 Å². The molecule has 0 atom stereocenters. The van der Waals surface area contributed by atoms with Crippen LogP contribution in [0.4, 0.5) is 5.69 Å². The third-order valence-corrected chi connectivity index (χ3v) is 2.77. The molecule has 0 saturated heterocycles. The molecule has 100 valence electrons. The van der Waals surface area contributed by atoms with E-state index in [2.05, 4.69) is 15.4 Å². The number of carbonyl (C=O) groups excluding carboxylic acids is 1. The number of nitrogens with one attached hydrogen (secondary N) is 1. The van der Waals surface area contributed by atoms with Gasteiger partial charge in [0.25, 0.3) is 0 Å². The molecule has 0 spiro atoms. The molecule has 0 radical (unpaired) electrons. The van der Waals surface area contributed by atoms with Crippen LogP contribution >= 0.6 is 22.6 Å². The Morgan fingerprint density at radius 2 is 2.26 bits per heavy atom. The van der Waals surface area contributed by atoms with Gasteiger partial charge in [0.15, 0.2) is 0 Å². The van der Waals surface area contributed by atoms with E-state index < -0.39 is 0 Å². The van der Waals surface area contributed by atoms with Crippen LogP contribution in [0, 0.1) is 3.83 Å². The van der Waals surface area contributed by atoms with Crippen LogP contribution < -0.4 is 10.1 Å². The molecule has 6 nitrogen and oxygen atoms in total. The number of aromatic nitrogens is 3. The predicted molar refractivity (Wildman–Crippen MR) is 79.0 cm³/mol. The van der Waals surface area contributed by atoms with E-state index in [4.69, 9.17) is 4.74 Å². The Bertz CT molecular complexity index is 570. The maximum absolute atomic E-state index is 11.9. The lowest BCUT2D eigenvalue weighted by atomic mass is 10.3. The normalized spacial score (nSPS) is 10.2. The standard InChI is InChI=1S/C12H13IN4O2/c1-2-19-10-6-4-3-5-9(10)15-11(18)7-17-8-14-12(13)16-17/h3-6,8H,2,7H2,1H3,(H,15,18). The molecule has 2 aromatic rings. The van der Waals surface area contributed by atoms with Gasteiger partial charge in [-0.1, -0.05) is 12.1 Å². The molecule has 0 aliphatic rings. The summed E-state index contributed by atoms with van der Waals surface area (Å²) >= 11 is 1.99. The highest BCUT2D eigenvalue weighted by atomic mass is 127. The molecule has 0 unspecified atom stereocenters. The van der Waals surface area contributed by atoms with E-state index >= 15 is 0 Å². The van der Waals surface area contributed by atoms with Crippen molar-refractivity contribution in [2.75, 3.05) is 11.9 Å². The Morgan fingerprint density at radius 1 is 1.47 bits per heavy atom. The van der Waals surface area contributed by atoms with Crippen molar-refractivity contribution in [1.82, 2.24) is 14.8 Å². The van der Waals surface area contributed by atoms with Crippen molar-refractivity contribution in [3.05, 3.63) is 34.4 Å². The highest BCUT2D eigenvalue weighted by Gasteiger charge is 2.08. The van der Waals surface area contributed by atoms with Crippen molar-refractivity contribution >= 4 is 34.2 Å². The Balaban J connectivity index is 2.02. The first-order valence-corrected chi connectivity index (χ1v) is 6.83. The summed E-state index contributed by atoms with van der Waals surface area (Å²) in [5.74, 6) is 0.486. The van der Waals surface area contributed by atoms with Crippen LogP contribution in [0.25, 0.3) is 0 Å². The predicted octanol–water partition coefficient (Wildman–Crippen LogP) is 1.92. The number of hydrogen-bond acceptors (Lipinski definition) is 4. The molecule has 1 aromatic heterocycles. The minimum atomic E-state index is -0.173. The van der Waals surface area contributed by atoms with Gasteiger partial charge in [-0.25, -0.2) is 9.67 Å². The summed E-state index contributed by atoms with van der Waals surface area (Å²) < 4.78 is 7.54. The van der Waals surface area contributed by atoms with Gasteiger partial charge in [-0.3, -0.25) is 4.79 Å². The van der Waals surface area contributed by atoms with Crippen LogP contribution in [0.15, 0.2) is 30.6 Å². The van der Waals surface area contributed by atoms with Gasteiger partial charge >= 0.3 is 0 Å². The number of anilines is 1. The fourth-order valence-corrected chi connectivity index (χ4v) is 1.94. The molecule has 1 N–H and O–H groups in total. The molecular formula is C12H13IN4O2. The van der Waals surface area contributed by atoms with Crippen molar-refractivity contribution in [3.63, 3.8) is 0 Å². The third-order valence-electron chi connectivity index (χ3n) is 2.28. The molecule has 0 aliphatic heterocycles. The summed E-state index contributed by atoms with van der Waals surface area (Å²) in [6, 6.07) is 7.32. The summed E-state index contributed by atoms with van der Waals surface area (Å²) in [4.78, 5) is 15.8. The van der Waals surface area contributed by atoms with Crippen LogP contribution in [0.3, 0.4) is 0 Å². The lowest BCUT2D eigenvalue weighted by Gasteiger charge is -2.10. The quantitative estimate of drug-likeness (QED) is 0.815. The van der Waals surface area contributed by atoms with Gasteiger partial charge in [0, 0.05) is 22.6 Å². The van der Waals surface area contributed by atoms with E-state index in [1.807, 2.05) is 47.7 Å². The van der Waals surface area contributed by atoms with Gasteiger partial charge in [0.05, 0.1) is 12.3 Å². The monoisotopic (exact) mass is 372 g/mol. The number of hydrogen-bond donors (Lipinski definition) is 1.